The summed E-state index contributed by atoms with van der Waals surface area (Å²) in [6.07, 6.45) is 8.05. The minimum atomic E-state index is -1.43. The van der Waals surface area contributed by atoms with Crippen molar-refractivity contribution >= 4 is 69.6 Å². The van der Waals surface area contributed by atoms with E-state index in [0.29, 0.717) is 6.42 Å². The van der Waals surface area contributed by atoms with Crippen molar-refractivity contribution in [1.29, 1.82) is 0 Å². The van der Waals surface area contributed by atoms with E-state index in [9.17, 15) is 0 Å². The Morgan fingerprint density at radius 3 is 2.21 bits per heavy atom. The van der Waals surface area contributed by atoms with E-state index in [0.717, 1.165) is 12.8 Å². The van der Waals surface area contributed by atoms with Gasteiger partial charge in [0.1, 0.15) is 9.75 Å². The molecule has 2 rings (SSSR count). The molecular weight excluding hydrogens is 369 g/mol. The number of halogens is 6. The van der Waals surface area contributed by atoms with Gasteiger partial charge in [0.15, 0.2) is 4.33 Å². The molecule has 0 spiro atoms. The van der Waals surface area contributed by atoms with Gasteiger partial charge >= 0.3 is 0 Å². The topological polar surface area (TPSA) is 0 Å². The summed E-state index contributed by atoms with van der Waals surface area (Å²) in [5, 5.41) is 0.507. The number of fused-ring (bicyclic) bond motifs is 2. The van der Waals surface area contributed by atoms with Crippen LogP contribution in [0.25, 0.3) is 0 Å². The van der Waals surface area contributed by atoms with Crippen molar-refractivity contribution in [2.75, 3.05) is 0 Å². The van der Waals surface area contributed by atoms with E-state index in [2.05, 4.69) is 6.58 Å². The summed E-state index contributed by atoms with van der Waals surface area (Å²) in [5.41, 5.74) is 0. The van der Waals surface area contributed by atoms with E-state index in [1.165, 1.54) is 0 Å². The van der Waals surface area contributed by atoms with Gasteiger partial charge in [0, 0.05) is 5.92 Å². The minimum absolute atomic E-state index is 0.151. The van der Waals surface area contributed by atoms with Crippen molar-refractivity contribution in [3.8, 4) is 0 Å². The molecule has 2 aliphatic carbocycles. The Labute approximate surface area is 143 Å². The van der Waals surface area contributed by atoms with Crippen LogP contribution in [-0.2, 0) is 0 Å². The quantitative estimate of drug-likeness (QED) is 0.302. The monoisotopic (exact) mass is 378 g/mol. The van der Waals surface area contributed by atoms with Crippen LogP contribution in [0, 0.1) is 5.92 Å². The van der Waals surface area contributed by atoms with E-state index in [4.69, 9.17) is 69.6 Å². The third-order valence-corrected chi connectivity index (χ3v) is 8.03. The van der Waals surface area contributed by atoms with E-state index >= 15 is 0 Å². The molecule has 1 saturated carbocycles. The Hall–Kier alpha value is 0.960. The Balaban J connectivity index is 2.34. The highest BCUT2D eigenvalue weighted by atomic mass is 35.5. The molecule has 0 heterocycles. The molecule has 6 heteroatoms. The first-order chi connectivity index (χ1) is 8.73. The minimum Gasteiger partial charge on any atom is -0.110 e. The van der Waals surface area contributed by atoms with Gasteiger partial charge in [-0.1, -0.05) is 64.6 Å². The van der Waals surface area contributed by atoms with Crippen LogP contribution in [0.5, 0.6) is 0 Å². The third kappa shape index (κ3) is 2.02. The fourth-order valence-electron chi connectivity index (χ4n) is 2.63. The van der Waals surface area contributed by atoms with Gasteiger partial charge in [-0.15, -0.1) is 29.8 Å². The highest BCUT2D eigenvalue weighted by Gasteiger charge is 2.77. The molecular formula is C13H12Cl6. The average molecular weight is 381 g/mol. The van der Waals surface area contributed by atoms with Crippen LogP contribution >= 0.6 is 69.6 Å². The lowest BCUT2D eigenvalue weighted by Crippen LogP contribution is -2.43. The summed E-state index contributed by atoms with van der Waals surface area (Å²) in [5.74, 6) is -0.151. The van der Waals surface area contributed by atoms with Crippen molar-refractivity contribution in [3.05, 3.63) is 34.9 Å². The van der Waals surface area contributed by atoms with Crippen LogP contribution in [0.1, 0.15) is 19.3 Å². The Morgan fingerprint density at radius 1 is 1.11 bits per heavy atom. The first kappa shape index (κ1) is 16.3. The Kier molecular flexibility index (Phi) is 4.56. The summed E-state index contributed by atoms with van der Waals surface area (Å²) < 4.78 is -1.43. The summed E-state index contributed by atoms with van der Waals surface area (Å²) in [4.78, 5) is -2.29. The second-order valence-corrected chi connectivity index (χ2v) is 8.14. The molecule has 0 saturated heterocycles. The van der Waals surface area contributed by atoms with Crippen LogP contribution in [0.15, 0.2) is 34.9 Å². The fourth-order valence-corrected chi connectivity index (χ4v) is 5.41. The number of unbranched alkanes of at least 4 members (excludes halogenated alkanes) is 1. The lowest BCUT2D eigenvalue weighted by molar-refractivity contribution is 0.565. The first-order valence-electron chi connectivity index (χ1n) is 5.83. The van der Waals surface area contributed by atoms with E-state index in [1.54, 1.807) is 0 Å². The molecule has 3 unspecified atom stereocenters. The molecule has 0 aromatic rings. The summed E-state index contributed by atoms with van der Waals surface area (Å²) in [6.45, 7) is 3.67. The number of allylic oxidation sites excluding steroid dienone is 5. The number of hydrogen-bond donors (Lipinski definition) is 0. The van der Waals surface area contributed by atoms with Crippen molar-refractivity contribution in [2.24, 2.45) is 5.92 Å². The fraction of sp³-hybridized carbons (Fsp3) is 0.538. The largest absolute Gasteiger partial charge is 0.166 e. The SMILES string of the molecule is C=CCC/C=C/C1CC2(Cl)C(Cl)=C(Cl)C1(Cl)C2(Cl)Cl. The zero-order valence-electron chi connectivity index (χ0n) is 9.91. The molecule has 19 heavy (non-hydrogen) atoms. The van der Waals surface area contributed by atoms with Gasteiger partial charge < -0.3 is 0 Å². The van der Waals surface area contributed by atoms with Gasteiger partial charge in [0.25, 0.3) is 0 Å². The Morgan fingerprint density at radius 2 is 1.74 bits per heavy atom. The van der Waals surface area contributed by atoms with Crippen molar-refractivity contribution in [2.45, 2.75) is 33.3 Å². The maximum atomic E-state index is 6.61. The predicted octanol–water partition coefficient (Wildman–Crippen LogP) is 6.36. The molecule has 0 amide bonds. The highest BCUT2D eigenvalue weighted by molar-refractivity contribution is 6.65. The standard InChI is InChI=1S/C13H12Cl6/c1-2-3-4-5-6-8-7-11(16)9(14)10(15)12(8,17)13(11,18)19/h2,5-6,8H,1,3-4,7H2/b6-5+. The first-order valence-corrected chi connectivity index (χ1v) is 8.09. The molecule has 0 aliphatic heterocycles. The lowest BCUT2D eigenvalue weighted by Gasteiger charge is -2.32. The maximum absolute atomic E-state index is 6.61. The van der Waals surface area contributed by atoms with Gasteiger partial charge in [-0.05, 0) is 19.3 Å². The Bertz CT molecular complexity index is 466. The lowest BCUT2D eigenvalue weighted by atomic mass is 9.91. The van der Waals surface area contributed by atoms with E-state index in [1.807, 2.05) is 18.2 Å². The van der Waals surface area contributed by atoms with Gasteiger partial charge in [-0.3, -0.25) is 0 Å². The van der Waals surface area contributed by atoms with Gasteiger partial charge in [-0.2, -0.15) is 0 Å². The smallest absolute Gasteiger partial charge is 0.110 e. The molecule has 0 N–H and O–H groups in total. The van der Waals surface area contributed by atoms with Crippen LogP contribution in [0.3, 0.4) is 0 Å². The number of alkyl halides is 4. The molecule has 2 bridgehead atoms. The second-order valence-electron chi connectivity index (χ2n) is 4.82. The second kappa shape index (κ2) is 5.30. The van der Waals surface area contributed by atoms with Gasteiger partial charge in [0.05, 0.1) is 10.1 Å². The molecule has 0 radical (unpaired) electrons. The van der Waals surface area contributed by atoms with Crippen molar-refractivity contribution < 1.29 is 0 Å². The summed E-state index contributed by atoms with van der Waals surface area (Å²) >= 11 is 38.2. The molecule has 2 aliphatic rings. The van der Waals surface area contributed by atoms with E-state index < -0.39 is 14.1 Å². The van der Waals surface area contributed by atoms with Gasteiger partial charge in [0.2, 0.25) is 0 Å². The molecule has 0 aromatic carbocycles. The number of hydrogen-bond acceptors (Lipinski definition) is 0. The summed E-state index contributed by atoms with van der Waals surface area (Å²) in [7, 11) is 0. The number of rotatable bonds is 4. The maximum Gasteiger partial charge on any atom is 0.166 e. The van der Waals surface area contributed by atoms with Crippen LogP contribution in [0.4, 0.5) is 0 Å². The van der Waals surface area contributed by atoms with E-state index in [-0.39, 0.29) is 16.0 Å². The molecule has 1 fully saturated rings. The zero-order valence-corrected chi connectivity index (χ0v) is 14.4. The van der Waals surface area contributed by atoms with Crippen molar-refractivity contribution in [3.63, 3.8) is 0 Å². The van der Waals surface area contributed by atoms with Crippen LogP contribution in [0.2, 0.25) is 0 Å². The van der Waals surface area contributed by atoms with Crippen LogP contribution in [-0.4, -0.2) is 14.1 Å². The zero-order chi connectivity index (χ0) is 14.5. The highest BCUT2D eigenvalue weighted by Crippen LogP contribution is 2.74. The van der Waals surface area contributed by atoms with Crippen LogP contribution < -0.4 is 0 Å². The van der Waals surface area contributed by atoms with Crippen molar-refractivity contribution in [1.82, 2.24) is 0 Å². The molecule has 0 nitrogen and oxygen atoms in total. The average Bonchev–Trinajstić information content (AvgIpc) is 2.57. The molecule has 106 valence electrons. The predicted molar refractivity (Wildman–Crippen MR) is 87.0 cm³/mol. The summed E-state index contributed by atoms with van der Waals surface area (Å²) in [6, 6.07) is 0. The molecule has 3 atom stereocenters. The van der Waals surface area contributed by atoms with Gasteiger partial charge in [-0.25, -0.2) is 0 Å². The normalized spacial score (nSPS) is 40.4. The molecule has 0 aromatic heterocycles. The third-order valence-electron chi connectivity index (χ3n) is 3.73.